The minimum atomic E-state index is -3.66. The first-order valence-corrected chi connectivity index (χ1v) is 12.0. The summed E-state index contributed by atoms with van der Waals surface area (Å²) < 4.78 is 27.2. The Labute approximate surface area is 184 Å². The minimum absolute atomic E-state index is 0.0516. The van der Waals surface area contributed by atoms with Gasteiger partial charge in [0.25, 0.3) is 5.91 Å². The van der Waals surface area contributed by atoms with Crippen LogP contribution >= 0.6 is 0 Å². The van der Waals surface area contributed by atoms with Crippen LogP contribution in [0.25, 0.3) is 0 Å². The van der Waals surface area contributed by atoms with Crippen molar-refractivity contribution in [3.05, 3.63) is 65.7 Å². The SMILES string of the molecule is CCCC(NC(=O)c1ccc(S(=O)(=O)N2CCN(C(C)=O)CC2)cc1)c1ccccc1. The van der Waals surface area contributed by atoms with Crippen LogP contribution in [0, 0.1) is 0 Å². The zero-order chi connectivity index (χ0) is 22.4. The van der Waals surface area contributed by atoms with Gasteiger partial charge in [0.1, 0.15) is 0 Å². The zero-order valence-corrected chi connectivity index (χ0v) is 18.8. The summed E-state index contributed by atoms with van der Waals surface area (Å²) in [6.45, 7) is 4.84. The maximum Gasteiger partial charge on any atom is 0.251 e. The number of nitrogens with zero attached hydrogens (tertiary/aromatic N) is 2. The summed E-state index contributed by atoms with van der Waals surface area (Å²) in [6.07, 6.45) is 1.74. The molecule has 1 fully saturated rings. The lowest BCUT2D eigenvalue weighted by molar-refractivity contribution is -0.129. The summed E-state index contributed by atoms with van der Waals surface area (Å²) >= 11 is 0. The van der Waals surface area contributed by atoms with Gasteiger partial charge in [-0.3, -0.25) is 9.59 Å². The molecule has 166 valence electrons. The lowest BCUT2D eigenvalue weighted by Crippen LogP contribution is -2.49. The third-order valence-electron chi connectivity index (χ3n) is 5.52. The van der Waals surface area contributed by atoms with Crippen LogP contribution in [0.1, 0.15) is 48.7 Å². The quantitative estimate of drug-likeness (QED) is 0.713. The first kappa shape index (κ1) is 23.0. The van der Waals surface area contributed by atoms with E-state index >= 15 is 0 Å². The van der Waals surface area contributed by atoms with Gasteiger partial charge in [0, 0.05) is 38.7 Å². The molecule has 0 aliphatic carbocycles. The topological polar surface area (TPSA) is 86.8 Å². The fourth-order valence-electron chi connectivity index (χ4n) is 3.71. The van der Waals surface area contributed by atoms with Gasteiger partial charge in [-0.1, -0.05) is 43.7 Å². The second-order valence-corrected chi connectivity index (χ2v) is 9.60. The summed E-state index contributed by atoms with van der Waals surface area (Å²) in [5.41, 5.74) is 1.46. The highest BCUT2D eigenvalue weighted by Crippen LogP contribution is 2.21. The summed E-state index contributed by atoms with van der Waals surface area (Å²) in [5, 5.41) is 3.05. The van der Waals surface area contributed by atoms with E-state index < -0.39 is 10.0 Å². The summed E-state index contributed by atoms with van der Waals surface area (Å²) in [7, 11) is -3.66. The van der Waals surface area contributed by atoms with Crippen molar-refractivity contribution >= 4 is 21.8 Å². The predicted molar refractivity (Wildman–Crippen MR) is 119 cm³/mol. The van der Waals surface area contributed by atoms with Crippen LogP contribution in [0.4, 0.5) is 0 Å². The Balaban J connectivity index is 1.69. The number of hydrogen-bond donors (Lipinski definition) is 1. The van der Waals surface area contributed by atoms with E-state index in [1.54, 1.807) is 17.0 Å². The maximum absolute atomic E-state index is 12.9. The van der Waals surface area contributed by atoms with Crippen LogP contribution in [0.3, 0.4) is 0 Å². The fraction of sp³-hybridized carbons (Fsp3) is 0.391. The molecular weight excluding hydrogens is 414 g/mol. The van der Waals surface area contributed by atoms with Gasteiger partial charge in [-0.2, -0.15) is 4.31 Å². The number of rotatable bonds is 7. The molecule has 0 saturated carbocycles. The molecule has 0 aromatic heterocycles. The lowest BCUT2D eigenvalue weighted by atomic mass is 10.0. The van der Waals surface area contributed by atoms with Crippen LogP contribution < -0.4 is 5.32 Å². The molecule has 2 amide bonds. The first-order valence-electron chi connectivity index (χ1n) is 10.5. The molecular formula is C23H29N3O4S. The number of piperazine rings is 1. The molecule has 1 aliphatic rings. The Bertz CT molecular complexity index is 999. The minimum Gasteiger partial charge on any atom is -0.345 e. The van der Waals surface area contributed by atoms with E-state index in [2.05, 4.69) is 12.2 Å². The first-order chi connectivity index (χ1) is 14.8. The Morgan fingerprint density at radius 2 is 1.58 bits per heavy atom. The highest BCUT2D eigenvalue weighted by Gasteiger charge is 2.29. The van der Waals surface area contributed by atoms with Crippen LogP contribution in [0.2, 0.25) is 0 Å². The molecule has 2 aromatic carbocycles. The van der Waals surface area contributed by atoms with Crippen LogP contribution in [-0.4, -0.2) is 55.6 Å². The smallest absolute Gasteiger partial charge is 0.251 e. The third kappa shape index (κ3) is 5.51. The van der Waals surface area contributed by atoms with Crippen molar-refractivity contribution in [1.82, 2.24) is 14.5 Å². The maximum atomic E-state index is 12.9. The average Bonchev–Trinajstić information content (AvgIpc) is 2.79. The van der Waals surface area contributed by atoms with Crippen molar-refractivity contribution in [2.45, 2.75) is 37.6 Å². The Morgan fingerprint density at radius 3 is 2.13 bits per heavy atom. The third-order valence-corrected chi connectivity index (χ3v) is 7.44. The number of benzene rings is 2. The van der Waals surface area contributed by atoms with E-state index in [-0.39, 0.29) is 35.8 Å². The van der Waals surface area contributed by atoms with E-state index in [9.17, 15) is 18.0 Å². The lowest BCUT2D eigenvalue weighted by Gasteiger charge is -2.33. The molecule has 7 nitrogen and oxygen atoms in total. The van der Waals surface area contributed by atoms with Crippen LogP contribution in [0.5, 0.6) is 0 Å². The van der Waals surface area contributed by atoms with Gasteiger partial charge in [-0.25, -0.2) is 8.42 Å². The van der Waals surface area contributed by atoms with Gasteiger partial charge >= 0.3 is 0 Å². The second-order valence-electron chi connectivity index (χ2n) is 7.66. The number of amides is 2. The molecule has 31 heavy (non-hydrogen) atoms. The molecule has 1 atom stereocenters. The van der Waals surface area contributed by atoms with Crippen molar-refractivity contribution in [3.63, 3.8) is 0 Å². The predicted octanol–water partition coefficient (Wildman–Crippen LogP) is 2.81. The fourth-order valence-corrected chi connectivity index (χ4v) is 5.13. The Morgan fingerprint density at radius 1 is 0.968 bits per heavy atom. The summed E-state index contributed by atoms with van der Waals surface area (Å²) in [6, 6.07) is 15.7. The monoisotopic (exact) mass is 443 g/mol. The molecule has 0 radical (unpaired) electrons. The Kier molecular flexibility index (Phi) is 7.46. The molecule has 1 heterocycles. The standard InChI is InChI=1S/C23H29N3O4S/c1-3-7-22(19-8-5-4-6-9-19)24-23(28)20-10-12-21(13-11-20)31(29,30)26-16-14-25(15-17-26)18(2)27/h4-6,8-13,22H,3,7,14-17H2,1-2H3,(H,24,28). The molecule has 2 aromatic rings. The zero-order valence-electron chi connectivity index (χ0n) is 18.0. The van der Waals surface area contributed by atoms with Gasteiger partial charge in [-0.05, 0) is 36.2 Å². The van der Waals surface area contributed by atoms with Crippen molar-refractivity contribution < 1.29 is 18.0 Å². The van der Waals surface area contributed by atoms with E-state index in [4.69, 9.17) is 0 Å². The van der Waals surface area contributed by atoms with Gasteiger partial charge in [0.2, 0.25) is 15.9 Å². The largest absolute Gasteiger partial charge is 0.345 e. The van der Waals surface area contributed by atoms with Crippen molar-refractivity contribution in [2.24, 2.45) is 0 Å². The van der Waals surface area contributed by atoms with Gasteiger partial charge in [0.15, 0.2) is 0 Å². The molecule has 0 spiro atoms. The van der Waals surface area contributed by atoms with Gasteiger partial charge < -0.3 is 10.2 Å². The molecule has 8 heteroatoms. The number of carbonyl (C=O) groups excluding carboxylic acids is 2. The van der Waals surface area contributed by atoms with E-state index in [1.165, 1.54) is 23.4 Å². The molecule has 1 unspecified atom stereocenters. The molecule has 1 aliphatic heterocycles. The Hall–Kier alpha value is -2.71. The molecule has 3 rings (SSSR count). The van der Waals surface area contributed by atoms with E-state index in [1.807, 2.05) is 30.3 Å². The normalized spacial score (nSPS) is 16.0. The second kappa shape index (κ2) is 10.1. The average molecular weight is 444 g/mol. The number of sulfonamides is 1. The number of nitrogens with one attached hydrogen (secondary N) is 1. The summed E-state index contributed by atoms with van der Waals surface area (Å²) in [5.74, 6) is -0.286. The molecule has 1 saturated heterocycles. The van der Waals surface area contributed by atoms with Gasteiger partial charge in [0.05, 0.1) is 10.9 Å². The van der Waals surface area contributed by atoms with Crippen LogP contribution in [0.15, 0.2) is 59.5 Å². The van der Waals surface area contributed by atoms with Crippen molar-refractivity contribution in [3.8, 4) is 0 Å². The van der Waals surface area contributed by atoms with Crippen molar-refractivity contribution in [2.75, 3.05) is 26.2 Å². The number of carbonyl (C=O) groups is 2. The number of hydrogen-bond acceptors (Lipinski definition) is 4. The highest BCUT2D eigenvalue weighted by molar-refractivity contribution is 7.89. The highest BCUT2D eigenvalue weighted by atomic mass is 32.2. The molecule has 1 N–H and O–H groups in total. The summed E-state index contributed by atoms with van der Waals surface area (Å²) in [4.78, 5) is 26.0. The molecule has 0 bridgehead atoms. The van der Waals surface area contributed by atoms with Crippen molar-refractivity contribution in [1.29, 1.82) is 0 Å². The van der Waals surface area contributed by atoms with Gasteiger partial charge in [-0.15, -0.1) is 0 Å². The van der Waals surface area contributed by atoms with E-state index in [0.29, 0.717) is 18.7 Å². The van der Waals surface area contributed by atoms with Crippen LogP contribution in [-0.2, 0) is 14.8 Å². The van der Waals surface area contributed by atoms with E-state index in [0.717, 1.165) is 18.4 Å².